The summed E-state index contributed by atoms with van der Waals surface area (Å²) in [6.45, 7) is 4.33. The first-order valence-corrected chi connectivity index (χ1v) is 8.99. The van der Waals surface area contributed by atoms with Crippen LogP contribution in [0, 0.1) is 0 Å². The van der Waals surface area contributed by atoms with Gasteiger partial charge in [-0.25, -0.2) is 4.98 Å². The second-order valence-electron chi connectivity index (χ2n) is 5.93. The Bertz CT molecular complexity index is 675. The number of para-hydroxylation sites is 1. The normalized spacial score (nSPS) is 14.3. The summed E-state index contributed by atoms with van der Waals surface area (Å²) < 4.78 is 5.74. The van der Waals surface area contributed by atoms with E-state index in [1.165, 1.54) is 11.3 Å². The molecule has 0 radical (unpaired) electrons. The van der Waals surface area contributed by atoms with Gasteiger partial charge < -0.3 is 4.74 Å². The lowest BCUT2D eigenvalue weighted by Crippen LogP contribution is -2.20. The number of thiazole rings is 1. The van der Waals surface area contributed by atoms with Crippen LogP contribution in [0.1, 0.15) is 48.7 Å². The summed E-state index contributed by atoms with van der Waals surface area (Å²) in [4.78, 5) is 17.9. The average Bonchev–Trinajstić information content (AvgIpc) is 3.13. The number of carbonyl (C=O) groups is 1. The fourth-order valence-corrected chi connectivity index (χ4v) is 3.85. The van der Waals surface area contributed by atoms with Crippen LogP contribution in [0.15, 0.2) is 24.3 Å². The van der Waals surface area contributed by atoms with E-state index in [-0.39, 0.29) is 12.5 Å². The summed E-state index contributed by atoms with van der Waals surface area (Å²) >= 11 is 1.59. The van der Waals surface area contributed by atoms with Crippen LogP contribution in [0.4, 0.5) is 5.13 Å². The zero-order valence-corrected chi connectivity index (χ0v) is 14.4. The molecule has 1 N–H and O–H groups in total. The number of benzene rings is 1. The third-order valence-electron chi connectivity index (χ3n) is 4.26. The predicted octanol–water partition coefficient (Wildman–Crippen LogP) is 4.16. The lowest BCUT2D eigenvalue weighted by Gasteiger charge is -2.15. The molecule has 23 heavy (non-hydrogen) atoms. The van der Waals surface area contributed by atoms with E-state index < -0.39 is 0 Å². The number of carbonyl (C=O) groups excluding carboxylic acids is 1. The summed E-state index contributed by atoms with van der Waals surface area (Å²) in [5.74, 6) is 1.05. The van der Waals surface area contributed by atoms with Crippen molar-refractivity contribution >= 4 is 22.4 Å². The van der Waals surface area contributed by atoms with E-state index in [1.807, 2.05) is 18.2 Å². The third-order valence-corrected chi connectivity index (χ3v) is 5.34. The van der Waals surface area contributed by atoms with Crippen LogP contribution in [0.2, 0.25) is 0 Å². The summed E-state index contributed by atoms with van der Waals surface area (Å²) in [6.07, 6.45) is 4.33. The molecular weight excluding hydrogens is 308 g/mol. The number of nitrogens with one attached hydrogen (secondary N) is 1. The van der Waals surface area contributed by atoms with E-state index in [4.69, 9.17) is 4.74 Å². The molecule has 1 unspecified atom stereocenters. The molecular formula is C18H22N2O2S. The van der Waals surface area contributed by atoms with Gasteiger partial charge in [-0.15, -0.1) is 11.3 Å². The lowest BCUT2D eigenvalue weighted by atomic mass is 9.98. The number of rotatable bonds is 6. The number of anilines is 1. The smallest absolute Gasteiger partial charge is 0.264 e. The molecule has 1 aliphatic carbocycles. The standard InChI is InChI=1S/C18H22N2O2S/c1-3-12(2)13-7-4-5-9-15(13)22-11-17(21)20-18-19-14-8-6-10-16(14)23-18/h4-5,7,9,12H,3,6,8,10-11H2,1-2H3,(H,19,20,21). The zero-order valence-electron chi connectivity index (χ0n) is 13.6. The van der Waals surface area contributed by atoms with Gasteiger partial charge in [-0.3, -0.25) is 10.1 Å². The maximum atomic E-state index is 12.1. The highest BCUT2D eigenvalue weighted by Crippen LogP contribution is 2.31. The Hall–Kier alpha value is -1.88. The topological polar surface area (TPSA) is 51.2 Å². The second kappa shape index (κ2) is 7.13. The Balaban J connectivity index is 1.58. The van der Waals surface area contributed by atoms with Crippen LogP contribution in [-0.4, -0.2) is 17.5 Å². The van der Waals surface area contributed by atoms with Gasteiger partial charge in [-0.1, -0.05) is 32.0 Å². The molecule has 0 saturated heterocycles. The Kier molecular flexibility index (Phi) is 4.96. The highest BCUT2D eigenvalue weighted by atomic mass is 32.1. The summed E-state index contributed by atoms with van der Waals surface area (Å²) in [5, 5.41) is 3.54. The minimum Gasteiger partial charge on any atom is -0.483 e. The van der Waals surface area contributed by atoms with Crippen LogP contribution in [0.5, 0.6) is 5.75 Å². The van der Waals surface area contributed by atoms with E-state index in [1.54, 1.807) is 11.3 Å². The second-order valence-corrected chi connectivity index (χ2v) is 7.01. The minimum atomic E-state index is -0.156. The number of ether oxygens (including phenoxy) is 1. The molecule has 1 aliphatic rings. The molecule has 3 rings (SSSR count). The number of hydrogen-bond acceptors (Lipinski definition) is 4. The zero-order chi connectivity index (χ0) is 16.2. The molecule has 1 aromatic heterocycles. The van der Waals surface area contributed by atoms with Gasteiger partial charge in [0.2, 0.25) is 0 Å². The maximum Gasteiger partial charge on any atom is 0.264 e. The minimum absolute atomic E-state index is 0.0116. The molecule has 0 spiro atoms. The fraction of sp³-hybridized carbons (Fsp3) is 0.444. The van der Waals surface area contributed by atoms with E-state index >= 15 is 0 Å². The number of aryl methyl sites for hydroxylation is 2. The molecule has 0 fully saturated rings. The van der Waals surface area contributed by atoms with Crippen LogP contribution in [0.25, 0.3) is 0 Å². The largest absolute Gasteiger partial charge is 0.483 e. The molecule has 122 valence electrons. The van der Waals surface area contributed by atoms with Crippen molar-refractivity contribution in [3.05, 3.63) is 40.4 Å². The van der Waals surface area contributed by atoms with E-state index in [0.717, 1.165) is 36.3 Å². The number of amides is 1. The first kappa shape index (κ1) is 16.0. The summed E-state index contributed by atoms with van der Waals surface area (Å²) in [6, 6.07) is 7.93. The molecule has 1 heterocycles. The van der Waals surface area contributed by atoms with Crippen molar-refractivity contribution in [2.24, 2.45) is 0 Å². The lowest BCUT2D eigenvalue weighted by molar-refractivity contribution is -0.118. The summed E-state index contributed by atoms with van der Waals surface area (Å²) in [5.41, 5.74) is 2.30. The Morgan fingerprint density at radius 2 is 2.22 bits per heavy atom. The molecule has 0 saturated carbocycles. The molecule has 1 atom stereocenters. The van der Waals surface area contributed by atoms with Crippen molar-refractivity contribution in [2.45, 2.75) is 45.4 Å². The van der Waals surface area contributed by atoms with Crippen molar-refractivity contribution in [2.75, 3.05) is 11.9 Å². The highest BCUT2D eigenvalue weighted by Gasteiger charge is 2.18. The molecule has 1 aromatic carbocycles. The number of hydrogen-bond donors (Lipinski definition) is 1. The van der Waals surface area contributed by atoms with Gasteiger partial charge in [0, 0.05) is 4.88 Å². The Labute approximate surface area is 140 Å². The van der Waals surface area contributed by atoms with Gasteiger partial charge >= 0.3 is 0 Å². The third kappa shape index (κ3) is 3.72. The first-order valence-electron chi connectivity index (χ1n) is 8.17. The van der Waals surface area contributed by atoms with E-state index in [2.05, 4.69) is 30.2 Å². The monoisotopic (exact) mass is 330 g/mol. The molecule has 4 nitrogen and oxygen atoms in total. The van der Waals surface area contributed by atoms with Crippen LogP contribution in [0.3, 0.4) is 0 Å². The molecule has 2 aromatic rings. The first-order chi connectivity index (χ1) is 11.2. The molecule has 1 amide bonds. The van der Waals surface area contributed by atoms with Gasteiger partial charge in [0.15, 0.2) is 11.7 Å². The van der Waals surface area contributed by atoms with Crippen molar-refractivity contribution in [1.82, 2.24) is 4.98 Å². The SMILES string of the molecule is CCC(C)c1ccccc1OCC(=O)Nc1nc2c(s1)CCC2. The van der Waals surface area contributed by atoms with Gasteiger partial charge in [0.1, 0.15) is 5.75 Å². The van der Waals surface area contributed by atoms with Gasteiger partial charge in [0.05, 0.1) is 5.69 Å². The maximum absolute atomic E-state index is 12.1. The van der Waals surface area contributed by atoms with E-state index in [0.29, 0.717) is 11.0 Å². The molecule has 0 aliphatic heterocycles. The quantitative estimate of drug-likeness (QED) is 0.865. The molecule has 5 heteroatoms. The van der Waals surface area contributed by atoms with Crippen LogP contribution >= 0.6 is 11.3 Å². The van der Waals surface area contributed by atoms with Crippen LogP contribution in [-0.2, 0) is 17.6 Å². The van der Waals surface area contributed by atoms with Gasteiger partial charge in [-0.2, -0.15) is 0 Å². The van der Waals surface area contributed by atoms with Gasteiger partial charge in [0.25, 0.3) is 5.91 Å². The van der Waals surface area contributed by atoms with Crippen molar-refractivity contribution in [3.8, 4) is 5.75 Å². The van der Waals surface area contributed by atoms with Crippen LogP contribution < -0.4 is 10.1 Å². The fourth-order valence-electron chi connectivity index (χ4n) is 2.78. The van der Waals surface area contributed by atoms with Gasteiger partial charge in [-0.05, 0) is 43.2 Å². The predicted molar refractivity (Wildman–Crippen MR) is 93.4 cm³/mol. The number of aromatic nitrogens is 1. The Morgan fingerprint density at radius 3 is 3.00 bits per heavy atom. The number of nitrogens with zero attached hydrogens (tertiary/aromatic N) is 1. The molecule has 0 bridgehead atoms. The Morgan fingerprint density at radius 1 is 1.39 bits per heavy atom. The van der Waals surface area contributed by atoms with Crippen molar-refractivity contribution in [3.63, 3.8) is 0 Å². The summed E-state index contributed by atoms with van der Waals surface area (Å²) in [7, 11) is 0. The van der Waals surface area contributed by atoms with Crippen molar-refractivity contribution in [1.29, 1.82) is 0 Å². The van der Waals surface area contributed by atoms with Crippen molar-refractivity contribution < 1.29 is 9.53 Å². The highest BCUT2D eigenvalue weighted by molar-refractivity contribution is 7.15. The number of fused-ring (bicyclic) bond motifs is 1. The van der Waals surface area contributed by atoms with E-state index in [9.17, 15) is 4.79 Å². The average molecular weight is 330 g/mol.